The van der Waals surface area contributed by atoms with Gasteiger partial charge in [-0.05, 0) is 44.7 Å². The van der Waals surface area contributed by atoms with E-state index in [-0.39, 0.29) is 11.9 Å². The molecule has 1 amide bonds. The summed E-state index contributed by atoms with van der Waals surface area (Å²) >= 11 is 1.83. The molecular formula is C13H26N2OS. The Bertz CT molecular complexity index is 215. The van der Waals surface area contributed by atoms with E-state index < -0.39 is 0 Å². The van der Waals surface area contributed by atoms with Crippen LogP contribution in [-0.2, 0) is 4.79 Å². The van der Waals surface area contributed by atoms with Gasteiger partial charge in [0.2, 0.25) is 5.91 Å². The maximum atomic E-state index is 12.1. The molecule has 2 N–H and O–H groups in total. The van der Waals surface area contributed by atoms with Crippen LogP contribution in [0, 0.1) is 0 Å². The van der Waals surface area contributed by atoms with Crippen LogP contribution in [0.5, 0.6) is 0 Å². The summed E-state index contributed by atoms with van der Waals surface area (Å²) in [6.45, 7) is 3.08. The quantitative estimate of drug-likeness (QED) is 0.794. The van der Waals surface area contributed by atoms with Gasteiger partial charge in [-0.2, -0.15) is 11.8 Å². The fourth-order valence-corrected chi connectivity index (χ4v) is 2.73. The standard InChI is InChI=1S/C13H26N2OS/c1-11(8-10-17-2)15-13(16)12-7-5-3-4-6-9-14-12/h11-12,14H,3-10H2,1-2H3,(H,15,16). The Balaban J connectivity index is 2.28. The molecule has 4 heteroatoms. The second kappa shape index (κ2) is 8.81. The van der Waals surface area contributed by atoms with E-state index in [1.54, 1.807) is 0 Å². The summed E-state index contributed by atoms with van der Waals surface area (Å²) in [5.74, 6) is 1.31. The summed E-state index contributed by atoms with van der Waals surface area (Å²) in [6, 6.07) is 0.328. The summed E-state index contributed by atoms with van der Waals surface area (Å²) in [6.07, 6.45) is 9.08. The molecule has 0 aliphatic carbocycles. The third-order valence-electron chi connectivity index (χ3n) is 3.27. The molecule has 0 aromatic carbocycles. The molecular weight excluding hydrogens is 232 g/mol. The minimum absolute atomic E-state index is 0.0343. The van der Waals surface area contributed by atoms with E-state index in [2.05, 4.69) is 23.8 Å². The van der Waals surface area contributed by atoms with Crippen LogP contribution in [0.4, 0.5) is 0 Å². The van der Waals surface area contributed by atoms with Gasteiger partial charge >= 0.3 is 0 Å². The van der Waals surface area contributed by atoms with Crippen molar-refractivity contribution in [2.45, 2.75) is 57.5 Å². The number of rotatable bonds is 5. The van der Waals surface area contributed by atoms with Crippen LogP contribution >= 0.6 is 11.8 Å². The molecule has 1 saturated heterocycles. The molecule has 0 spiro atoms. The maximum absolute atomic E-state index is 12.1. The number of nitrogens with one attached hydrogen (secondary N) is 2. The monoisotopic (exact) mass is 258 g/mol. The number of amides is 1. The molecule has 0 bridgehead atoms. The first-order valence-electron chi connectivity index (χ1n) is 6.76. The van der Waals surface area contributed by atoms with Gasteiger partial charge < -0.3 is 10.6 Å². The summed E-state index contributed by atoms with van der Waals surface area (Å²) in [5.41, 5.74) is 0. The Morgan fingerprint density at radius 3 is 2.94 bits per heavy atom. The van der Waals surface area contributed by atoms with E-state index in [9.17, 15) is 4.79 Å². The normalized spacial score (nSPS) is 23.5. The molecule has 1 aliphatic heterocycles. The highest BCUT2D eigenvalue weighted by molar-refractivity contribution is 7.98. The van der Waals surface area contributed by atoms with Crippen molar-refractivity contribution >= 4 is 17.7 Å². The van der Waals surface area contributed by atoms with Crippen LogP contribution in [-0.4, -0.2) is 36.5 Å². The Morgan fingerprint density at radius 2 is 2.18 bits per heavy atom. The fraction of sp³-hybridized carbons (Fsp3) is 0.923. The Morgan fingerprint density at radius 1 is 1.41 bits per heavy atom. The van der Waals surface area contributed by atoms with Crippen molar-refractivity contribution in [3.63, 3.8) is 0 Å². The van der Waals surface area contributed by atoms with Crippen molar-refractivity contribution < 1.29 is 4.79 Å². The van der Waals surface area contributed by atoms with Gasteiger partial charge in [0, 0.05) is 6.04 Å². The summed E-state index contributed by atoms with van der Waals surface area (Å²) in [7, 11) is 0. The molecule has 0 saturated carbocycles. The lowest BCUT2D eigenvalue weighted by atomic mass is 10.0. The van der Waals surface area contributed by atoms with Crippen LogP contribution in [0.15, 0.2) is 0 Å². The van der Waals surface area contributed by atoms with Gasteiger partial charge in [0.15, 0.2) is 0 Å². The SMILES string of the molecule is CSCCC(C)NC(=O)C1CCCCCCN1. The van der Waals surface area contributed by atoms with Gasteiger partial charge in [0.25, 0.3) is 0 Å². The van der Waals surface area contributed by atoms with Gasteiger partial charge in [0.05, 0.1) is 6.04 Å². The molecule has 2 atom stereocenters. The highest BCUT2D eigenvalue weighted by Crippen LogP contribution is 2.10. The Labute approximate surface area is 109 Å². The van der Waals surface area contributed by atoms with Gasteiger partial charge in [-0.3, -0.25) is 4.79 Å². The zero-order valence-electron chi connectivity index (χ0n) is 11.1. The van der Waals surface area contributed by atoms with Gasteiger partial charge in [-0.25, -0.2) is 0 Å². The second-order valence-corrected chi connectivity index (χ2v) is 5.89. The van der Waals surface area contributed by atoms with Crippen LogP contribution in [0.3, 0.4) is 0 Å². The summed E-state index contributed by atoms with van der Waals surface area (Å²) < 4.78 is 0. The first-order valence-corrected chi connectivity index (χ1v) is 8.16. The predicted octanol–water partition coefficient (Wildman–Crippen LogP) is 2.17. The number of carbonyl (C=O) groups excluding carboxylic acids is 1. The van der Waals surface area contributed by atoms with E-state index in [4.69, 9.17) is 0 Å². The molecule has 1 fully saturated rings. The predicted molar refractivity (Wildman–Crippen MR) is 75.5 cm³/mol. The van der Waals surface area contributed by atoms with E-state index in [0.717, 1.165) is 25.1 Å². The highest BCUT2D eigenvalue weighted by Gasteiger charge is 2.19. The third kappa shape index (κ3) is 6.32. The third-order valence-corrected chi connectivity index (χ3v) is 3.91. The maximum Gasteiger partial charge on any atom is 0.237 e. The molecule has 1 aliphatic rings. The lowest BCUT2D eigenvalue weighted by molar-refractivity contribution is -0.124. The lowest BCUT2D eigenvalue weighted by Gasteiger charge is -2.23. The molecule has 0 radical (unpaired) electrons. The first-order chi connectivity index (χ1) is 8.24. The van der Waals surface area contributed by atoms with Crippen LogP contribution in [0.2, 0.25) is 0 Å². The van der Waals surface area contributed by atoms with Crippen LogP contribution in [0.25, 0.3) is 0 Å². The molecule has 100 valence electrons. The zero-order valence-corrected chi connectivity index (χ0v) is 11.9. The van der Waals surface area contributed by atoms with E-state index >= 15 is 0 Å². The zero-order chi connectivity index (χ0) is 12.5. The van der Waals surface area contributed by atoms with Crippen molar-refractivity contribution in [3.05, 3.63) is 0 Å². The highest BCUT2D eigenvalue weighted by atomic mass is 32.2. The molecule has 0 aromatic rings. The number of thioether (sulfide) groups is 1. The minimum atomic E-state index is 0.0343. The van der Waals surface area contributed by atoms with Crippen molar-refractivity contribution in [3.8, 4) is 0 Å². The topological polar surface area (TPSA) is 41.1 Å². The fourth-order valence-electron chi connectivity index (χ4n) is 2.14. The molecule has 3 nitrogen and oxygen atoms in total. The molecule has 1 heterocycles. The average molecular weight is 258 g/mol. The number of carbonyl (C=O) groups is 1. The van der Waals surface area contributed by atoms with E-state index in [0.29, 0.717) is 6.04 Å². The summed E-state index contributed by atoms with van der Waals surface area (Å²) in [4.78, 5) is 12.1. The van der Waals surface area contributed by atoms with Crippen molar-refractivity contribution in [2.24, 2.45) is 0 Å². The van der Waals surface area contributed by atoms with Crippen molar-refractivity contribution in [1.82, 2.24) is 10.6 Å². The number of hydrogen-bond acceptors (Lipinski definition) is 3. The second-order valence-electron chi connectivity index (χ2n) is 4.90. The van der Waals surface area contributed by atoms with Gasteiger partial charge in [-0.15, -0.1) is 0 Å². The smallest absolute Gasteiger partial charge is 0.237 e. The van der Waals surface area contributed by atoms with Crippen molar-refractivity contribution in [2.75, 3.05) is 18.6 Å². The van der Waals surface area contributed by atoms with Crippen molar-refractivity contribution in [1.29, 1.82) is 0 Å². The minimum Gasteiger partial charge on any atom is -0.352 e. The lowest BCUT2D eigenvalue weighted by Crippen LogP contribution is -2.47. The Hall–Kier alpha value is -0.220. The molecule has 2 unspecified atom stereocenters. The van der Waals surface area contributed by atoms with E-state index in [1.165, 1.54) is 25.7 Å². The average Bonchev–Trinajstić information content (AvgIpc) is 2.25. The number of hydrogen-bond donors (Lipinski definition) is 2. The summed E-state index contributed by atoms with van der Waals surface area (Å²) in [5, 5.41) is 6.48. The van der Waals surface area contributed by atoms with E-state index in [1.807, 2.05) is 11.8 Å². The van der Waals surface area contributed by atoms with Crippen LogP contribution in [0.1, 0.15) is 45.4 Å². The first kappa shape index (κ1) is 14.8. The van der Waals surface area contributed by atoms with Crippen LogP contribution < -0.4 is 10.6 Å². The van der Waals surface area contributed by atoms with Gasteiger partial charge in [0.1, 0.15) is 0 Å². The largest absolute Gasteiger partial charge is 0.352 e. The molecule has 0 aromatic heterocycles. The molecule has 1 rings (SSSR count). The molecule has 17 heavy (non-hydrogen) atoms. The van der Waals surface area contributed by atoms with Gasteiger partial charge in [-0.1, -0.05) is 19.3 Å². The Kier molecular flexibility index (Phi) is 7.69.